The van der Waals surface area contributed by atoms with Gasteiger partial charge in [-0.15, -0.1) is 5.10 Å². The number of anilines is 1. The first kappa shape index (κ1) is 35.8. The third-order valence-electron chi connectivity index (χ3n) is 11.5. The number of carbonyl (C=O) groups is 1. The van der Waals surface area contributed by atoms with Gasteiger partial charge in [-0.1, -0.05) is 48.5 Å². The van der Waals surface area contributed by atoms with Crippen molar-refractivity contribution in [2.75, 3.05) is 11.5 Å². The molecule has 1 amide bonds. The highest BCUT2D eigenvalue weighted by molar-refractivity contribution is 6.71. The van der Waals surface area contributed by atoms with Crippen LogP contribution >= 0.6 is 0 Å². The maximum Gasteiger partial charge on any atom is 0.279 e. The second kappa shape index (κ2) is 13.4. The minimum atomic E-state index is -2.97. The molecule has 0 saturated carbocycles. The molecule has 4 aromatic carbocycles. The van der Waals surface area contributed by atoms with Gasteiger partial charge in [-0.05, 0) is 79.7 Å². The minimum Gasteiger partial charge on any atom is -0.432 e. The second-order valence-electron chi connectivity index (χ2n) is 15.5. The molecule has 286 valence electrons. The number of aliphatic hydroxyl groups is 1. The van der Waals surface area contributed by atoms with Gasteiger partial charge in [-0.3, -0.25) is 29.3 Å². The molecule has 1 fully saturated rings. The van der Waals surface area contributed by atoms with Gasteiger partial charge in [0, 0.05) is 42.8 Å². The predicted molar refractivity (Wildman–Crippen MR) is 214 cm³/mol. The normalized spacial score (nSPS) is 20.9. The lowest BCUT2D eigenvalue weighted by Gasteiger charge is -2.32. The third-order valence-corrected chi connectivity index (χ3v) is 14.0. The number of H-pyrrole nitrogens is 2. The average Bonchev–Trinajstić information content (AvgIpc) is 3.99. The summed E-state index contributed by atoms with van der Waals surface area (Å²) in [5, 5.41) is 25.3. The van der Waals surface area contributed by atoms with Gasteiger partial charge >= 0.3 is 0 Å². The summed E-state index contributed by atoms with van der Waals surface area (Å²) in [4.78, 5) is 55.5. The third kappa shape index (κ3) is 5.68. The zero-order valence-electron chi connectivity index (χ0n) is 31.2. The Bertz CT molecular complexity index is 2740. The number of nitrogens with one attached hydrogen (secondary N) is 2. The second-order valence-corrected chi connectivity index (χ2v) is 19.4. The van der Waals surface area contributed by atoms with Gasteiger partial charge in [-0.25, -0.2) is 9.36 Å². The molecule has 14 nitrogen and oxygen atoms in total. The van der Waals surface area contributed by atoms with Crippen molar-refractivity contribution in [1.29, 1.82) is 0 Å². The number of carbonyl (C=O) groups excluding carboxylic acids is 1. The summed E-state index contributed by atoms with van der Waals surface area (Å²) in [5.41, 5.74) is 3.33. The van der Waals surface area contributed by atoms with Crippen molar-refractivity contribution < 1.29 is 19.4 Å². The van der Waals surface area contributed by atoms with E-state index in [4.69, 9.17) is 4.74 Å². The van der Waals surface area contributed by atoms with Gasteiger partial charge in [0.15, 0.2) is 13.9 Å². The number of nitrogens with zero attached hydrogens (tertiary/aromatic N) is 6. The molecule has 0 bridgehead atoms. The Hall–Kier alpha value is -5.87. The summed E-state index contributed by atoms with van der Waals surface area (Å²) in [6.07, 6.45) is 2.16. The van der Waals surface area contributed by atoms with E-state index in [9.17, 15) is 19.5 Å². The van der Waals surface area contributed by atoms with E-state index in [1.807, 2.05) is 98.9 Å². The van der Waals surface area contributed by atoms with E-state index in [0.717, 1.165) is 11.1 Å². The first-order valence-electron chi connectivity index (χ1n) is 18.8. The predicted octanol–water partition coefficient (Wildman–Crippen LogP) is 4.51. The Labute approximate surface area is 321 Å². The molecule has 7 aromatic rings. The molecule has 2 aliphatic rings. The zero-order valence-corrected chi connectivity index (χ0v) is 32.2. The number of hydrogen-bond acceptors (Lipinski definition) is 8. The summed E-state index contributed by atoms with van der Waals surface area (Å²) in [7, 11) is -2.97. The Balaban J connectivity index is 1.11. The van der Waals surface area contributed by atoms with E-state index in [0.29, 0.717) is 64.0 Å². The molecule has 56 heavy (non-hydrogen) atoms. The number of aromatic nitrogens is 7. The minimum absolute atomic E-state index is 0.0320. The molecule has 4 N–H and O–H groups in total. The first-order valence-corrected chi connectivity index (χ1v) is 21.9. The molecule has 0 aliphatic carbocycles. The smallest absolute Gasteiger partial charge is 0.279 e. The van der Waals surface area contributed by atoms with E-state index in [1.165, 1.54) is 9.36 Å². The highest BCUT2D eigenvalue weighted by atomic mass is 28.4. The van der Waals surface area contributed by atoms with Crippen LogP contribution in [0.2, 0.25) is 18.6 Å². The van der Waals surface area contributed by atoms with Crippen molar-refractivity contribution in [3.8, 4) is 11.4 Å². The molecule has 1 spiro atoms. The Kier molecular flexibility index (Phi) is 8.57. The van der Waals surface area contributed by atoms with Crippen LogP contribution in [0, 0.1) is 5.92 Å². The van der Waals surface area contributed by atoms with Crippen LogP contribution in [0.4, 0.5) is 5.69 Å². The van der Waals surface area contributed by atoms with Crippen molar-refractivity contribution in [1.82, 2.24) is 34.6 Å². The fourth-order valence-electron chi connectivity index (χ4n) is 8.98. The quantitative estimate of drug-likeness (QED) is 0.147. The lowest BCUT2D eigenvalue weighted by molar-refractivity contribution is -0.146. The van der Waals surface area contributed by atoms with Crippen LogP contribution in [0.1, 0.15) is 30.2 Å². The van der Waals surface area contributed by atoms with Gasteiger partial charge in [-0.2, -0.15) is 0 Å². The molecule has 15 heteroatoms. The molecule has 9 rings (SSSR count). The molecular formula is C41H42N8O6Si. The van der Waals surface area contributed by atoms with E-state index in [1.54, 1.807) is 27.9 Å². The van der Waals surface area contributed by atoms with Gasteiger partial charge in [0.05, 0.1) is 57.2 Å². The molecule has 5 heterocycles. The number of benzene rings is 4. The molecule has 0 radical (unpaired) electrons. The number of amides is 1. The van der Waals surface area contributed by atoms with E-state index in [2.05, 4.69) is 20.5 Å². The van der Waals surface area contributed by atoms with E-state index >= 15 is 4.79 Å². The molecule has 2 aliphatic heterocycles. The van der Waals surface area contributed by atoms with Crippen molar-refractivity contribution in [2.24, 2.45) is 5.92 Å². The Morgan fingerprint density at radius 2 is 1.48 bits per heavy atom. The van der Waals surface area contributed by atoms with Gasteiger partial charge in [0.1, 0.15) is 0 Å². The first-order chi connectivity index (χ1) is 27.0. The topological polar surface area (TPSA) is 176 Å². The van der Waals surface area contributed by atoms with Crippen LogP contribution in [0.3, 0.4) is 0 Å². The highest BCUT2D eigenvalue weighted by Gasteiger charge is 2.66. The number of para-hydroxylation sites is 2. The number of fused-ring (bicyclic) bond motifs is 4. The van der Waals surface area contributed by atoms with Crippen LogP contribution < -0.4 is 16.0 Å². The van der Waals surface area contributed by atoms with Crippen molar-refractivity contribution >= 4 is 41.7 Å². The lowest BCUT2D eigenvalue weighted by Crippen LogP contribution is -2.46. The number of ether oxygens (including phenoxy) is 1. The SMILES string of the molecule is C[C@@H]1[C@@H]([Si](C)(C)O)[C@H](CCn2cc(CCO)nn2)O[C@@]12C(=O)N(Cc1ccc(-n3[nH]c4ccccc4c3=O)cc1)c1ccc(-n3[nH]c4ccccc4c3=O)cc12. The van der Waals surface area contributed by atoms with Crippen molar-refractivity contribution in [2.45, 2.75) is 63.2 Å². The Morgan fingerprint density at radius 3 is 2.11 bits per heavy atom. The maximum absolute atomic E-state index is 15.2. The lowest BCUT2D eigenvalue weighted by atomic mass is 9.82. The highest BCUT2D eigenvalue weighted by Crippen LogP contribution is 2.60. The monoisotopic (exact) mass is 770 g/mol. The number of aromatic amines is 2. The van der Waals surface area contributed by atoms with E-state index in [-0.39, 0.29) is 35.7 Å². The molecule has 0 unspecified atom stereocenters. The molecule has 1 saturated heterocycles. The largest absolute Gasteiger partial charge is 0.432 e. The van der Waals surface area contributed by atoms with Gasteiger partial charge in [0.25, 0.3) is 17.0 Å². The standard InChI is InChI=1S/C41H42N8O6Si/c1-25-37(56(2,3)54)36(18-20-46-24-27(19-21-50)42-45-46)55-41(25)32-22-29(49-39(52)31-9-5-7-11-34(31)44-49)16-17-35(32)47(40(41)53)23-26-12-14-28(15-13-26)48-38(51)30-8-4-6-10-33(30)43-48/h4-17,22,24-25,36-37,43-44,50,54H,18-21,23H2,1-3H3/t25-,36+,37-,41+/m1/s1. The van der Waals surface area contributed by atoms with E-state index < -0.39 is 25.9 Å². The summed E-state index contributed by atoms with van der Waals surface area (Å²) in [6.45, 7) is 6.39. The van der Waals surface area contributed by atoms with Crippen molar-refractivity contribution in [3.63, 3.8) is 0 Å². The van der Waals surface area contributed by atoms with Gasteiger partial charge < -0.3 is 19.5 Å². The average molecular weight is 771 g/mol. The number of aliphatic hydroxyl groups excluding tert-OH is 1. The van der Waals surface area contributed by atoms with Crippen LogP contribution in [0.15, 0.2) is 107 Å². The fourth-order valence-corrected chi connectivity index (χ4v) is 11.6. The summed E-state index contributed by atoms with van der Waals surface area (Å²) in [5.74, 6) is -0.671. The molecular weight excluding hydrogens is 729 g/mol. The summed E-state index contributed by atoms with van der Waals surface area (Å²) < 4.78 is 11.8. The Morgan fingerprint density at radius 1 is 0.857 bits per heavy atom. The van der Waals surface area contributed by atoms with Crippen LogP contribution in [0.5, 0.6) is 0 Å². The number of hydrogen-bond donors (Lipinski definition) is 4. The van der Waals surface area contributed by atoms with Crippen LogP contribution in [-0.2, 0) is 34.6 Å². The summed E-state index contributed by atoms with van der Waals surface area (Å²) in [6, 6.07) is 27.7. The summed E-state index contributed by atoms with van der Waals surface area (Å²) >= 11 is 0. The van der Waals surface area contributed by atoms with Crippen molar-refractivity contribution in [3.05, 3.63) is 135 Å². The van der Waals surface area contributed by atoms with Crippen LogP contribution in [-0.4, -0.2) is 71.4 Å². The fraction of sp³-hybridized carbons (Fsp3) is 0.293. The number of aryl methyl sites for hydroxylation is 1. The van der Waals surface area contributed by atoms with Crippen LogP contribution in [0.25, 0.3) is 33.2 Å². The molecule has 3 aromatic heterocycles. The zero-order chi connectivity index (χ0) is 38.9. The number of rotatable bonds is 10. The van der Waals surface area contributed by atoms with Gasteiger partial charge in [0.2, 0.25) is 0 Å². The maximum atomic E-state index is 15.2. The molecule has 4 atom stereocenters.